The summed E-state index contributed by atoms with van der Waals surface area (Å²) in [7, 11) is 0. The van der Waals surface area contributed by atoms with Crippen LogP contribution in [0.1, 0.15) is 56.8 Å². The van der Waals surface area contributed by atoms with E-state index in [-0.39, 0.29) is 29.7 Å². The van der Waals surface area contributed by atoms with Crippen molar-refractivity contribution in [2.75, 3.05) is 5.32 Å². The molecule has 42 heavy (non-hydrogen) atoms. The number of nitrogens with zero attached hydrogens (tertiary/aromatic N) is 1. The number of rotatable bonds is 9. The predicted molar refractivity (Wildman–Crippen MR) is 163 cm³/mol. The molecule has 4 unspecified atom stereocenters. The monoisotopic (exact) mass is 591 g/mol. The van der Waals surface area contributed by atoms with Gasteiger partial charge in [0, 0.05) is 18.0 Å². The third kappa shape index (κ3) is 7.62. The van der Waals surface area contributed by atoms with Crippen LogP contribution < -0.4 is 10.6 Å². The van der Waals surface area contributed by atoms with E-state index < -0.39 is 35.6 Å². The summed E-state index contributed by atoms with van der Waals surface area (Å²) in [5.41, 5.74) is 1.49. The first kappa shape index (κ1) is 30.9. The third-order valence-electron chi connectivity index (χ3n) is 7.18. The van der Waals surface area contributed by atoms with E-state index in [1.54, 1.807) is 51.1 Å². The van der Waals surface area contributed by atoms with E-state index in [0.717, 1.165) is 11.1 Å². The molecule has 0 spiro atoms. The second-order valence-corrected chi connectivity index (χ2v) is 12.2. The Morgan fingerprint density at radius 1 is 1.02 bits per heavy atom. The highest BCUT2D eigenvalue weighted by molar-refractivity contribution is 6.34. The molecule has 1 fully saturated rings. The van der Waals surface area contributed by atoms with Gasteiger partial charge in [-0.2, -0.15) is 0 Å². The zero-order valence-electron chi connectivity index (χ0n) is 24.6. The van der Waals surface area contributed by atoms with Gasteiger partial charge in [-0.3, -0.25) is 9.59 Å². The molecule has 3 aromatic carbocycles. The molecule has 4 rings (SSSR count). The van der Waals surface area contributed by atoms with Gasteiger partial charge < -0.3 is 25.4 Å². The fourth-order valence-corrected chi connectivity index (χ4v) is 5.24. The van der Waals surface area contributed by atoms with Crippen molar-refractivity contribution in [1.82, 2.24) is 10.2 Å². The van der Waals surface area contributed by atoms with Crippen LogP contribution in [0.2, 0.25) is 5.02 Å². The Kier molecular flexibility index (Phi) is 9.46. The lowest BCUT2D eigenvalue weighted by Gasteiger charge is -2.35. The highest BCUT2D eigenvalue weighted by atomic mass is 35.5. The number of carbonyl (C=O) groups excluding carboxylic acids is 3. The van der Waals surface area contributed by atoms with Crippen LogP contribution in [0.25, 0.3) is 0 Å². The molecule has 222 valence electrons. The predicted octanol–water partition coefficient (Wildman–Crippen LogP) is 6.41. The number of ether oxygens (including phenoxy) is 1. The summed E-state index contributed by atoms with van der Waals surface area (Å²) in [6, 6.07) is 18.5. The van der Waals surface area contributed by atoms with Crippen LogP contribution in [0.5, 0.6) is 5.75 Å². The maximum Gasteiger partial charge on any atom is 0.408 e. The minimum Gasteiger partial charge on any atom is -0.508 e. The molecule has 4 atom stereocenters. The Balaban J connectivity index is 1.77. The van der Waals surface area contributed by atoms with Crippen molar-refractivity contribution in [1.29, 1.82) is 0 Å². The standard InChI is InChI=1S/C33H38ClN3O5/c1-20-12-11-16-24(34)28(20)36-30(39)29(23-15-9-10-17-27(23)38)37(26-18-21(26)2)31(40)25(19-22-13-7-6-8-14-22)35-32(41)42-33(3,4)5/h6-17,21,25-26,29,38H,18-19H2,1-5H3,(H,35,41)(H,36,39). The van der Waals surface area contributed by atoms with E-state index in [4.69, 9.17) is 16.3 Å². The van der Waals surface area contributed by atoms with Crippen LogP contribution in [-0.4, -0.2) is 45.6 Å². The molecule has 1 aliphatic carbocycles. The summed E-state index contributed by atoms with van der Waals surface area (Å²) in [4.78, 5) is 43.2. The number of hydrogen-bond donors (Lipinski definition) is 3. The van der Waals surface area contributed by atoms with Gasteiger partial charge >= 0.3 is 6.09 Å². The number of phenols is 1. The van der Waals surface area contributed by atoms with E-state index in [2.05, 4.69) is 10.6 Å². The fourth-order valence-electron chi connectivity index (χ4n) is 4.97. The summed E-state index contributed by atoms with van der Waals surface area (Å²) in [5.74, 6) is -1.01. The lowest BCUT2D eigenvalue weighted by atomic mass is 9.99. The maximum atomic E-state index is 14.6. The van der Waals surface area contributed by atoms with Crippen molar-refractivity contribution in [2.24, 2.45) is 5.92 Å². The van der Waals surface area contributed by atoms with E-state index in [1.165, 1.54) is 11.0 Å². The first-order valence-electron chi connectivity index (χ1n) is 14.0. The minimum absolute atomic E-state index is 0.107. The molecule has 1 saturated carbocycles. The van der Waals surface area contributed by atoms with E-state index in [0.29, 0.717) is 17.1 Å². The number of aryl methyl sites for hydroxylation is 1. The fraction of sp³-hybridized carbons (Fsp3) is 0.364. The molecule has 0 bridgehead atoms. The quantitative estimate of drug-likeness (QED) is 0.267. The van der Waals surface area contributed by atoms with Crippen LogP contribution in [0.3, 0.4) is 0 Å². The lowest BCUT2D eigenvalue weighted by Crippen LogP contribution is -2.54. The molecule has 9 heteroatoms. The molecule has 0 aromatic heterocycles. The van der Waals surface area contributed by atoms with Crippen molar-refractivity contribution in [3.8, 4) is 5.75 Å². The number of phenolic OH excluding ortho intramolecular Hbond substituents is 1. The molecule has 0 heterocycles. The molecule has 3 aromatic rings. The molecule has 1 aliphatic rings. The molecule has 8 nitrogen and oxygen atoms in total. The summed E-state index contributed by atoms with van der Waals surface area (Å²) < 4.78 is 5.50. The van der Waals surface area contributed by atoms with Gasteiger partial charge in [0.15, 0.2) is 0 Å². The van der Waals surface area contributed by atoms with Crippen LogP contribution in [-0.2, 0) is 20.7 Å². The number of halogens is 1. The second-order valence-electron chi connectivity index (χ2n) is 11.8. The normalized spacial score (nSPS) is 17.5. The Morgan fingerprint density at radius 3 is 2.26 bits per heavy atom. The number of amides is 3. The lowest BCUT2D eigenvalue weighted by molar-refractivity contribution is -0.141. The average molecular weight is 592 g/mol. The van der Waals surface area contributed by atoms with Gasteiger partial charge in [-0.25, -0.2) is 4.79 Å². The topological polar surface area (TPSA) is 108 Å². The number of para-hydroxylation sites is 2. The first-order chi connectivity index (χ1) is 19.9. The number of aromatic hydroxyl groups is 1. The number of nitrogens with one attached hydrogen (secondary N) is 2. The van der Waals surface area contributed by atoms with Gasteiger partial charge in [0.05, 0.1) is 10.7 Å². The number of anilines is 1. The highest BCUT2D eigenvalue weighted by Gasteiger charge is 2.49. The Morgan fingerprint density at radius 2 is 1.67 bits per heavy atom. The molecule has 3 N–H and O–H groups in total. The highest BCUT2D eigenvalue weighted by Crippen LogP contribution is 2.43. The van der Waals surface area contributed by atoms with Gasteiger partial charge in [-0.05, 0) is 63.3 Å². The number of alkyl carbamates (subject to hydrolysis) is 1. The van der Waals surface area contributed by atoms with Crippen LogP contribution >= 0.6 is 11.6 Å². The summed E-state index contributed by atoms with van der Waals surface area (Å²) >= 11 is 6.44. The zero-order valence-corrected chi connectivity index (χ0v) is 25.3. The molecule has 0 radical (unpaired) electrons. The van der Waals surface area contributed by atoms with Gasteiger partial charge in [-0.15, -0.1) is 0 Å². The van der Waals surface area contributed by atoms with Crippen molar-refractivity contribution >= 4 is 35.2 Å². The van der Waals surface area contributed by atoms with E-state index >= 15 is 0 Å². The average Bonchev–Trinajstić information content (AvgIpc) is 3.64. The smallest absolute Gasteiger partial charge is 0.408 e. The van der Waals surface area contributed by atoms with Gasteiger partial charge in [0.1, 0.15) is 23.4 Å². The van der Waals surface area contributed by atoms with Crippen molar-refractivity contribution < 1.29 is 24.2 Å². The third-order valence-corrected chi connectivity index (χ3v) is 7.49. The van der Waals surface area contributed by atoms with Gasteiger partial charge in [0.25, 0.3) is 5.91 Å². The Labute approximate surface area is 252 Å². The Bertz CT molecular complexity index is 1420. The second kappa shape index (κ2) is 12.9. The van der Waals surface area contributed by atoms with Crippen molar-refractivity contribution in [2.45, 2.75) is 71.2 Å². The summed E-state index contributed by atoms with van der Waals surface area (Å²) in [6.07, 6.45) is 0.101. The molecule has 0 aliphatic heterocycles. The largest absolute Gasteiger partial charge is 0.508 e. The van der Waals surface area contributed by atoms with E-state index in [9.17, 15) is 19.5 Å². The van der Waals surface area contributed by atoms with E-state index in [1.807, 2.05) is 50.2 Å². The zero-order chi connectivity index (χ0) is 30.6. The van der Waals surface area contributed by atoms with Crippen molar-refractivity contribution in [3.05, 3.63) is 94.5 Å². The Hall–Kier alpha value is -4.04. The van der Waals surface area contributed by atoms with Crippen LogP contribution in [0.4, 0.5) is 10.5 Å². The van der Waals surface area contributed by atoms with Crippen molar-refractivity contribution in [3.63, 3.8) is 0 Å². The van der Waals surface area contributed by atoms with Crippen LogP contribution in [0.15, 0.2) is 72.8 Å². The van der Waals surface area contributed by atoms with Gasteiger partial charge in [-0.1, -0.05) is 79.2 Å². The summed E-state index contributed by atoms with van der Waals surface area (Å²) in [5, 5.41) is 16.9. The molecular formula is C33H38ClN3O5. The SMILES string of the molecule is Cc1cccc(Cl)c1NC(=O)C(c1ccccc1O)N(C(=O)C(Cc1ccccc1)NC(=O)OC(C)(C)C)C1CC1C. The van der Waals surface area contributed by atoms with Crippen LogP contribution in [0, 0.1) is 12.8 Å². The number of benzene rings is 3. The molecular weight excluding hydrogens is 554 g/mol. The summed E-state index contributed by atoms with van der Waals surface area (Å²) in [6.45, 7) is 9.05. The molecule has 0 saturated heterocycles. The minimum atomic E-state index is -1.21. The van der Waals surface area contributed by atoms with Gasteiger partial charge in [0.2, 0.25) is 5.91 Å². The first-order valence-corrected chi connectivity index (χ1v) is 14.4. The maximum absolute atomic E-state index is 14.6. The number of hydrogen-bond acceptors (Lipinski definition) is 5. The molecule has 3 amide bonds. The number of carbonyl (C=O) groups is 3.